The lowest BCUT2D eigenvalue weighted by Gasteiger charge is -2.22. The minimum atomic E-state index is -0.314. The molecule has 1 heterocycles. The molecule has 5 nitrogen and oxygen atoms in total. The van der Waals surface area contributed by atoms with E-state index in [0.29, 0.717) is 28.9 Å². The molecule has 0 bridgehead atoms. The molecular weight excluding hydrogens is 369 g/mol. The number of anilines is 2. The highest BCUT2D eigenvalue weighted by Gasteiger charge is 2.26. The molecule has 154 valence electrons. The first-order valence-electron chi connectivity index (χ1n) is 10.2. The Balaban J connectivity index is 1.36. The third-order valence-electron chi connectivity index (χ3n) is 5.74. The van der Waals surface area contributed by atoms with Gasteiger partial charge in [0.2, 0.25) is 0 Å². The van der Waals surface area contributed by atoms with Crippen LogP contribution in [0.3, 0.4) is 0 Å². The second kappa shape index (κ2) is 8.41. The van der Waals surface area contributed by atoms with E-state index in [1.807, 2.05) is 0 Å². The van der Waals surface area contributed by atoms with E-state index in [2.05, 4.69) is 29.2 Å². The normalized spacial score (nSPS) is 18.9. The number of carbonyl (C=O) groups excluding carboxylic acids is 1. The van der Waals surface area contributed by atoms with E-state index in [1.165, 1.54) is 18.9 Å². The van der Waals surface area contributed by atoms with Gasteiger partial charge in [-0.1, -0.05) is 0 Å². The first kappa shape index (κ1) is 19.7. The van der Waals surface area contributed by atoms with E-state index >= 15 is 0 Å². The summed E-state index contributed by atoms with van der Waals surface area (Å²) in [5.74, 6) is 0.876. The molecule has 1 aliphatic heterocycles. The van der Waals surface area contributed by atoms with E-state index < -0.39 is 0 Å². The minimum absolute atomic E-state index is 0.264. The van der Waals surface area contributed by atoms with E-state index in [4.69, 9.17) is 4.74 Å². The second-order valence-corrected chi connectivity index (χ2v) is 8.25. The van der Waals surface area contributed by atoms with E-state index in [9.17, 15) is 9.18 Å². The lowest BCUT2D eigenvalue weighted by molar-refractivity contribution is 0.102. The van der Waals surface area contributed by atoms with Crippen LogP contribution in [0.2, 0.25) is 0 Å². The standard InChI is InChI=1S/C23H28FN3O2/c1-26(2)19-11-12-27(14-19)22-10-7-18(13-21(22)24)25-23(28)17-5-8-20(9-6-17)29-15-16-3-4-16/h5-10,13,16,19H,3-4,11-12,14-15H2,1-2H3,(H,25,28)/t19-/m1/s1. The summed E-state index contributed by atoms with van der Waals surface area (Å²) >= 11 is 0. The van der Waals surface area contributed by atoms with Gasteiger partial charge in [0.1, 0.15) is 11.6 Å². The average Bonchev–Trinajstić information content (AvgIpc) is 3.41. The van der Waals surface area contributed by atoms with Crippen LogP contribution in [0.1, 0.15) is 29.6 Å². The van der Waals surface area contributed by atoms with Crippen molar-refractivity contribution in [3.05, 3.63) is 53.8 Å². The smallest absolute Gasteiger partial charge is 0.255 e. The molecule has 2 aromatic rings. The number of benzene rings is 2. The summed E-state index contributed by atoms with van der Waals surface area (Å²) in [6.45, 7) is 2.38. The van der Waals surface area contributed by atoms with Crippen molar-refractivity contribution in [3.63, 3.8) is 0 Å². The first-order chi connectivity index (χ1) is 14.0. The number of nitrogens with one attached hydrogen (secondary N) is 1. The van der Waals surface area contributed by atoms with Gasteiger partial charge in [0, 0.05) is 30.4 Å². The third-order valence-corrected chi connectivity index (χ3v) is 5.74. The van der Waals surface area contributed by atoms with Crippen LogP contribution in [0.25, 0.3) is 0 Å². The fraction of sp³-hybridized carbons (Fsp3) is 0.435. The predicted octanol–water partition coefficient (Wildman–Crippen LogP) is 4.01. The molecule has 6 heteroatoms. The van der Waals surface area contributed by atoms with Gasteiger partial charge in [-0.3, -0.25) is 4.79 Å². The summed E-state index contributed by atoms with van der Waals surface area (Å²) in [7, 11) is 4.10. The molecule has 1 N–H and O–H groups in total. The van der Waals surface area contributed by atoms with Gasteiger partial charge >= 0.3 is 0 Å². The maximum absolute atomic E-state index is 14.7. The molecule has 1 aliphatic carbocycles. The van der Waals surface area contributed by atoms with Crippen molar-refractivity contribution in [2.75, 3.05) is 44.0 Å². The Morgan fingerprint density at radius 3 is 2.55 bits per heavy atom. The molecule has 1 atom stereocenters. The van der Waals surface area contributed by atoms with Crippen LogP contribution in [0.4, 0.5) is 15.8 Å². The van der Waals surface area contributed by atoms with Crippen molar-refractivity contribution in [2.45, 2.75) is 25.3 Å². The van der Waals surface area contributed by atoms with Crippen molar-refractivity contribution in [1.29, 1.82) is 0 Å². The topological polar surface area (TPSA) is 44.8 Å². The summed E-state index contributed by atoms with van der Waals surface area (Å²) < 4.78 is 20.4. The average molecular weight is 397 g/mol. The zero-order valence-electron chi connectivity index (χ0n) is 17.0. The van der Waals surface area contributed by atoms with Gasteiger partial charge < -0.3 is 19.9 Å². The van der Waals surface area contributed by atoms with Crippen LogP contribution >= 0.6 is 0 Å². The number of halogens is 1. The van der Waals surface area contributed by atoms with Gasteiger partial charge in [0.05, 0.1) is 12.3 Å². The van der Waals surface area contributed by atoms with Crippen molar-refractivity contribution >= 4 is 17.3 Å². The summed E-state index contributed by atoms with van der Waals surface area (Å²) in [4.78, 5) is 16.7. The van der Waals surface area contributed by atoms with Crippen LogP contribution in [0.15, 0.2) is 42.5 Å². The predicted molar refractivity (Wildman–Crippen MR) is 113 cm³/mol. The Morgan fingerprint density at radius 2 is 1.93 bits per heavy atom. The molecule has 2 aliphatic rings. The number of rotatable bonds is 7. The fourth-order valence-corrected chi connectivity index (χ4v) is 3.63. The van der Waals surface area contributed by atoms with E-state index in [-0.39, 0.29) is 11.7 Å². The van der Waals surface area contributed by atoms with Crippen LogP contribution in [0, 0.1) is 11.7 Å². The molecule has 0 aromatic heterocycles. The molecular formula is C23H28FN3O2. The maximum Gasteiger partial charge on any atom is 0.255 e. The molecule has 0 unspecified atom stereocenters. The number of carbonyl (C=O) groups is 1. The number of likely N-dealkylation sites (N-methyl/N-ethyl adjacent to an activating group) is 1. The van der Waals surface area contributed by atoms with Gasteiger partial charge in [-0.2, -0.15) is 0 Å². The lowest BCUT2D eigenvalue weighted by Crippen LogP contribution is -2.31. The number of hydrogen-bond donors (Lipinski definition) is 1. The largest absolute Gasteiger partial charge is 0.493 e. The fourth-order valence-electron chi connectivity index (χ4n) is 3.63. The highest BCUT2D eigenvalue weighted by atomic mass is 19.1. The van der Waals surface area contributed by atoms with Crippen molar-refractivity contribution in [1.82, 2.24) is 4.90 Å². The van der Waals surface area contributed by atoms with Crippen molar-refractivity contribution < 1.29 is 13.9 Å². The van der Waals surface area contributed by atoms with Crippen LogP contribution in [0.5, 0.6) is 5.75 Å². The summed E-state index contributed by atoms with van der Waals surface area (Å²) in [5.41, 5.74) is 1.56. The van der Waals surface area contributed by atoms with E-state index in [1.54, 1.807) is 36.4 Å². The molecule has 1 saturated carbocycles. The SMILES string of the molecule is CN(C)[C@@H]1CCN(c2ccc(NC(=O)c3ccc(OCC4CC4)cc3)cc2F)C1. The van der Waals surface area contributed by atoms with Crippen LogP contribution < -0.4 is 15.0 Å². The maximum atomic E-state index is 14.7. The molecule has 0 radical (unpaired) electrons. The van der Waals surface area contributed by atoms with Gasteiger partial charge in [0.25, 0.3) is 5.91 Å². The lowest BCUT2D eigenvalue weighted by atomic mass is 10.2. The quantitative estimate of drug-likeness (QED) is 0.767. The van der Waals surface area contributed by atoms with Gasteiger partial charge in [-0.05, 0) is 81.7 Å². The summed E-state index contributed by atoms with van der Waals surface area (Å²) in [5, 5.41) is 2.78. The molecule has 4 rings (SSSR count). The highest BCUT2D eigenvalue weighted by molar-refractivity contribution is 6.04. The Morgan fingerprint density at radius 1 is 1.17 bits per heavy atom. The zero-order valence-corrected chi connectivity index (χ0v) is 17.0. The molecule has 29 heavy (non-hydrogen) atoms. The first-order valence-corrected chi connectivity index (χ1v) is 10.2. The Kier molecular flexibility index (Phi) is 5.72. The monoisotopic (exact) mass is 397 g/mol. The van der Waals surface area contributed by atoms with Gasteiger partial charge in [0.15, 0.2) is 0 Å². The summed E-state index contributed by atoms with van der Waals surface area (Å²) in [6, 6.07) is 12.4. The number of amides is 1. The Bertz CT molecular complexity index is 865. The second-order valence-electron chi connectivity index (χ2n) is 8.25. The molecule has 0 spiro atoms. The molecule has 1 amide bonds. The zero-order chi connectivity index (χ0) is 20.4. The molecule has 1 saturated heterocycles. The third kappa shape index (κ3) is 4.88. The highest BCUT2D eigenvalue weighted by Crippen LogP contribution is 2.30. The van der Waals surface area contributed by atoms with Crippen LogP contribution in [-0.4, -0.2) is 50.6 Å². The number of hydrogen-bond acceptors (Lipinski definition) is 4. The van der Waals surface area contributed by atoms with Gasteiger partial charge in [-0.25, -0.2) is 4.39 Å². The summed E-state index contributed by atoms with van der Waals surface area (Å²) in [6.07, 6.45) is 3.50. The Labute approximate surface area is 171 Å². The van der Waals surface area contributed by atoms with Crippen LogP contribution in [-0.2, 0) is 0 Å². The van der Waals surface area contributed by atoms with E-state index in [0.717, 1.165) is 31.9 Å². The minimum Gasteiger partial charge on any atom is -0.493 e. The molecule has 2 fully saturated rings. The number of nitrogens with zero attached hydrogens (tertiary/aromatic N) is 2. The number of ether oxygens (including phenoxy) is 1. The van der Waals surface area contributed by atoms with Gasteiger partial charge in [-0.15, -0.1) is 0 Å². The van der Waals surface area contributed by atoms with Crippen molar-refractivity contribution in [3.8, 4) is 5.75 Å². The Hall–Kier alpha value is -2.60. The molecule has 2 aromatic carbocycles. The van der Waals surface area contributed by atoms with Crippen molar-refractivity contribution in [2.24, 2.45) is 5.92 Å².